The van der Waals surface area contributed by atoms with Crippen molar-refractivity contribution < 1.29 is 49.3 Å². The lowest BCUT2D eigenvalue weighted by Gasteiger charge is -2.41. The molecule has 1 heterocycles. The van der Waals surface area contributed by atoms with Crippen LogP contribution in [0.5, 0.6) is 0 Å². The lowest BCUT2D eigenvalue weighted by atomic mass is 9.99. The molecule has 0 aromatic carbocycles. The quantitative estimate of drug-likeness (QED) is 0.0150. The van der Waals surface area contributed by atoms with Crippen LogP contribution in [-0.4, -0.2) is 99.6 Å². The molecule has 6 N–H and O–H groups in total. The summed E-state index contributed by atoms with van der Waals surface area (Å²) in [5.74, 6) is -1.27. The highest BCUT2D eigenvalue weighted by Crippen LogP contribution is 2.26. The van der Waals surface area contributed by atoms with Gasteiger partial charge in [0.25, 0.3) is 0 Å². The second-order valence-corrected chi connectivity index (χ2v) is 17.7. The molecule has 386 valence electrons. The van der Waals surface area contributed by atoms with Gasteiger partial charge in [-0.05, 0) is 64.2 Å². The number of aliphatic hydroxyl groups excluding tert-OH is 5. The lowest BCUT2D eigenvalue weighted by Crippen LogP contribution is -2.61. The van der Waals surface area contributed by atoms with Gasteiger partial charge in [0, 0.05) is 6.42 Å². The molecule has 0 aliphatic carbocycles. The molecular weight excluding hydrogens is 859 g/mol. The summed E-state index contributed by atoms with van der Waals surface area (Å²) in [7, 11) is 0. The number of carbonyl (C=O) groups is 2. The largest absolute Gasteiger partial charge is 0.454 e. The summed E-state index contributed by atoms with van der Waals surface area (Å²) >= 11 is 0. The molecule has 11 nitrogen and oxygen atoms in total. The van der Waals surface area contributed by atoms with Crippen molar-refractivity contribution in [3.63, 3.8) is 0 Å². The van der Waals surface area contributed by atoms with Crippen molar-refractivity contribution >= 4 is 11.9 Å². The number of amides is 1. The van der Waals surface area contributed by atoms with Gasteiger partial charge in [0.15, 0.2) is 12.4 Å². The van der Waals surface area contributed by atoms with Crippen LogP contribution in [0.2, 0.25) is 0 Å². The Balaban J connectivity index is 2.84. The smallest absolute Gasteiger partial charge is 0.306 e. The molecule has 68 heavy (non-hydrogen) atoms. The molecule has 0 spiro atoms. The van der Waals surface area contributed by atoms with Gasteiger partial charge in [-0.2, -0.15) is 0 Å². The van der Waals surface area contributed by atoms with Crippen molar-refractivity contribution in [3.05, 3.63) is 109 Å². The lowest BCUT2D eigenvalue weighted by molar-refractivity contribution is -0.305. The fourth-order valence-electron chi connectivity index (χ4n) is 7.43. The highest BCUT2D eigenvalue weighted by Gasteiger charge is 2.47. The van der Waals surface area contributed by atoms with E-state index in [1.165, 1.54) is 44.9 Å². The summed E-state index contributed by atoms with van der Waals surface area (Å²) < 4.78 is 17.5. The molecule has 1 rings (SSSR count). The molecule has 0 radical (unpaired) electrons. The third-order valence-corrected chi connectivity index (χ3v) is 11.6. The van der Waals surface area contributed by atoms with E-state index in [1.807, 2.05) is 85.1 Å². The molecular formula is C57H93NO10. The van der Waals surface area contributed by atoms with E-state index in [1.54, 1.807) is 6.08 Å². The molecule has 1 fully saturated rings. The zero-order valence-electron chi connectivity index (χ0n) is 42.2. The van der Waals surface area contributed by atoms with E-state index < -0.39 is 67.4 Å². The molecule has 0 aromatic rings. The minimum atomic E-state index is -1.63. The topological polar surface area (TPSA) is 175 Å². The molecule has 0 bridgehead atoms. The van der Waals surface area contributed by atoms with Gasteiger partial charge in [0.2, 0.25) is 5.91 Å². The van der Waals surface area contributed by atoms with Gasteiger partial charge < -0.3 is 45.1 Å². The average molecular weight is 952 g/mol. The monoisotopic (exact) mass is 952 g/mol. The molecule has 0 aromatic heterocycles. The van der Waals surface area contributed by atoms with Gasteiger partial charge >= 0.3 is 5.97 Å². The summed E-state index contributed by atoms with van der Waals surface area (Å²) in [6.07, 6.45) is 48.6. The Hall–Kier alpha value is -3.68. The van der Waals surface area contributed by atoms with Crippen molar-refractivity contribution in [2.45, 2.75) is 224 Å². The molecule has 1 saturated heterocycles. The predicted molar refractivity (Wildman–Crippen MR) is 278 cm³/mol. The Labute approximate surface area is 411 Å². The standard InChI is InChI=1S/C57H93NO10/c1-4-7-10-13-16-19-22-25-27-29-32-35-38-41-44-50(61)56(65)58-48(49(60)43-40-37-34-31-28-24-21-18-15-12-9-6-3)47-66-57-55(54(64)53(63)51(46-59)67-57)68-52(62)45-42-39-36-33-30-26-23-20-17-14-11-8-5-2/h7-8,10-11,13-14,16-17,19-20,22-23,25,27,29,32,40,43,48-51,53-55,57,59-61,63-64H,4-6,9,12,15,18,21,24,26,28,30-31,33-39,41-42,44-47H2,1-3H3,(H,58,65)/b10-7+,11-8+,16-13+,17-14+,22-19-,23-20-,27-25-,32-29+,43-40+. The highest BCUT2D eigenvalue weighted by atomic mass is 16.7. The first-order valence-corrected chi connectivity index (χ1v) is 26.3. The highest BCUT2D eigenvalue weighted by molar-refractivity contribution is 5.80. The average Bonchev–Trinajstić information content (AvgIpc) is 3.33. The Bertz CT molecular complexity index is 1510. The van der Waals surface area contributed by atoms with E-state index >= 15 is 0 Å². The van der Waals surface area contributed by atoms with E-state index in [-0.39, 0.29) is 19.4 Å². The first-order chi connectivity index (χ1) is 33.2. The van der Waals surface area contributed by atoms with Gasteiger partial charge in [-0.3, -0.25) is 9.59 Å². The van der Waals surface area contributed by atoms with Crippen LogP contribution < -0.4 is 5.32 Å². The molecule has 8 atom stereocenters. The minimum Gasteiger partial charge on any atom is -0.454 e. The van der Waals surface area contributed by atoms with Crippen molar-refractivity contribution in [3.8, 4) is 0 Å². The number of ether oxygens (including phenoxy) is 3. The number of carbonyl (C=O) groups excluding carboxylic acids is 2. The van der Waals surface area contributed by atoms with Gasteiger partial charge in [0.05, 0.1) is 25.4 Å². The van der Waals surface area contributed by atoms with Crippen molar-refractivity contribution in [2.75, 3.05) is 13.2 Å². The second kappa shape index (κ2) is 44.5. The number of esters is 1. The molecule has 1 aliphatic rings. The summed E-state index contributed by atoms with van der Waals surface area (Å²) in [6.45, 7) is 5.42. The maximum absolute atomic E-state index is 13.3. The SMILES string of the molecule is CC/C=C/C=C/C=C\C=C/C=C/CCCCC(O)C(=O)NC(COC1OC(CO)C(O)C(O)C1OC(=O)CCCCCCC\C=C/C=C/C=C/CC)C(O)/C=C/CCCCCCCCCCCC. The van der Waals surface area contributed by atoms with Gasteiger partial charge in [-0.1, -0.05) is 214 Å². The second-order valence-electron chi connectivity index (χ2n) is 17.7. The summed E-state index contributed by atoms with van der Waals surface area (Å²) in [5.41, 5.74) is 0. The minimum absolute atomic E-state index is 0.0884. The van der Waals surface area contributed by atoms with Crippen molar-refractivity contribution in [2.24, 2.45) is 0 Å². The number of allylic oxidation sites excluding steroid dienone is 17. The maximum Gasteiger partial charge on any atom is 0.306 e. The van der Waals surface area contributed by atoms with E-state index in [0.717, 1.165) is 83.5 Å². The third kappa shape index (κ3) is 33.0. The Morgan fingerprint density at radius 2 is 1.06 bits per heavy atom. The summed E-state index contributed by atoms with van der Waals surface area (Å²) in [6, 6.07) is -1.06. The Morgan fingerprint density at radius 1 is 0.588 bits per heavy atom. The van der Waals surface area contributed by atoms with Crippen LogP contribution in [0, 0.1) is 0 Å². The van der Waals surface area contributed by atoms with Crippen molar-refractivity contribution in [1.29, 1.82) is 0 Å². The number of rotatable bonds is 41. The molecule has 8 unspecified atom stereocenters. The zero-order valence-corrected chi connectivity index (χ0v) is 42.2. The predicted octanol–water partition coefficient (Wildman–Crippen LogP) is 11.0. The van der Waals surface area contributed by atoms with Gasteiger partial charge in [-0.25, -0.2) is 0 Å². The Kier molecular flexibility index (Phi) is 40.8. The summed E-state index contributed by atoms with van der Waals surface area (Å²) in [4.78, 5) is 26.3. The van der Waals surface area contributed by atoms with Crippen molar-refractivity contribution in [1.82, 2.24) is 5.32 Å². The summed E-state index contributed by atoms with van der Waals surface area (Å²) in [5, 5.41) is 56.6. The molecule has 1 aliphatic heterocycles. The molecule has 1 amide bonds. The zero-order chi connectivity index (χ0) is 49.7. The first kappa shape index (κ1) is 62.3. The van der Waals surface area contributed by atoms with E-state index in [4.69, 9.17) is 14.2 Å². The Morgan fingerprint density at radius 3 is 1.59 bits per heavy atom. The fraction of sp³-hybridized carbons (Fsp3) is 0.649. The van der Waals surface area contributed by atoms with Gasteiger partial charge in [-0.15, -0.1) is 0 Å². The van der Waals surface area contributed by atoms with Gasteiger partial charge in [0.1, 0.15) is 24.4 Å². The van der Waals surface area contributed by atoms with E-state index in [9.17, 15) is 35.1 Å². The van der Waals surface area contributed by atoms with Crippen LogP contribution in [0.4, 0.5) is 0 Å². The van der Waals surface area contributed by atoms with Crippen LogP contribution in [0.3, 0.4) is 0 Å². The first-order valence-electron chi connectivity index (χ1n) is 26.3. The number of nitrogens with one attached hydrogen (secondary N) is 1. The number of aliphatic hydroxyl groups is 5. The maximum atomic E-state index is 13.3. The number of hydrogen-bond acceptors (Lipinski definition) is 10. The van der Waals surface area contributed by atoms with Crippen LogP contribution in [0.15, 0.2) is 109 Å². The van der Waals surface area contributed by atoms with E-state index in [2.05, 4.69) is 44.3 Å². The number of hydrogen-bond donors (Lipinski definition) is 6. The fourth-order valence-corrected chi connectivity index (χ4v) is 7.43. The molecule has 0 saturated carbocycles. The molecule has 11 heteroatoms. The van der Waals surface area contributed by atoms with Crippen LogP contribution in [-0.2, 0) is 23.8 Å². The third-order valence-electron chi connectivity index (χ3n) is 11.6. The normalized spacial score (nSPS) is 20.9. The van der Waals surface area contributed by atoms with E-state index in [0.29, 0.717) is 12.8 Å². The number of unbranched alkanes of at least 4 members (excludes halogenated alkanes) is 17. The van der Waals surface area contributed by atoms with Crippen LogP contribution in [0.25, 0.3) is 0 Å². The van der Waals surface area contributed by atoms with Crippen LogP contribution >= 0.6 is 0 Å². The van der Waals surface area contributed by atoms with Crippen LogP contribution in [0.1, 0.15) is 175 Å².